The number of thioether (sulfide) groups is 1. The Labute approximate surface area is 179 Å². The molecule has 160 valence electrons. The van der Waals surface area contributed by atoms with Gasteiger partial charge in [0.05, 0.1) is 17.1 Å². The molecule has 1 amide bonds. The molecule has 3 N–H and O–H groups in total. The number of halogens is 2. The quantitative estimate of drug-likeness (QED) is 0.349. The smallest absolute Gasteiger partial charge is 0.267 e. The van der Waals surface area contributed by atoms with E-state index in [-0.39, 0.29) is 21.9 Å². The third-order valence-corrected chi connectivity index (χ3v) is 4.93. The molecule has 1 aromatic heterocycles. The van der Waals surface area contributed by atoms with Gasteiger partial charge in [-0.15, -0.1) is 0 Å². The second-order valence-corrected chi connectivity index (χ2v) is 7.38. The molecule has 0 bridgehead atoms. The Balaban J connectivity index is 1.99. The van der Waals surface area contributed by atoms with Gasteiger partial charge in [0, 0.05) is 29.3 Å². The van der Waals surface area contributed by atoms with Crippen LogP contribution in [-0.2, 0) is 4.79 Å². The number of amides is 1. The van der Waals surface area contributed by atoms with Crippen molar-refractivity contribution in [3.05, 3.63) is 70.7 Å². The number of alkyl halides is 2. The summed E-state index contributed by atoms with van der Waals surface area (Å²) in [4.78, 5) is 16.5. The van der Waals surface area contributed by atoms with Crippen molar-refractivity contribution in [1.82, 2.24) is 4.98 Å². The van der Waals surface area contributed by atoms with E-state index >= 15 is 0 Å². The summed E-state index contributed by atoms with van der Waals surface area (Å²) in [5, 5.41) is 4.15. The first-order valence-corrected chi connectivity index (χ1v) is 10.4. The van der Waals surface area contributed by atoms with Gasteiger partial charge in [-0.2, -0.15) is 0 Å². The van der Waals surface area contributed by atoms with E-state index in [1.54, 1.807) is 29.9 Å². The molecule has 0 saturated carbocycles. The second kappa shape index (κ2) is 12.0. The summed E-state index contributed by atoms with van der Waals surface area (Å²) < 4.78 is 32.3. The number of rotatable bonds is 11. The molecule has 0 radical (unpaired) electrons. The van der Waals surface area contributed by atoms with Crippen LogP contribution in [0.5, 0.6) is 5.75 Å². The number of nitrogens with two attached hydrogens (primary N) is 1. The van der Waals surface area contributed by atoms with Crippen LogP contribution in [0.4, 0.5) is 14.5 Å². The number of hydrogen-bond donors (Lipinski definition) is 2. The number of ether oxygens (including phenoxy) is 1. The maximum atomic E-state index is 13.4. The maximum Gasteiger partial charge on any atom is 0.267 e. The molecule has 2 rings (SSSR count). The number of anilines is 1. The average molecular weight is 434 g/mol. The number of carbonyl (C=O) groups is 1. The Bertz CT molecular complexity index is 889. The highest BCUT2D eigenvalue weighted by Crippen LogP contribution is 2.32. The zero-order valence-electron chi connectivity index (χ0n) is 16.7. The summed E-state index contributed by atoms with van der Waals surface area (Å²) in [5.41, 5.74) is 7.09. The van der Waals surface area contributed by atoms with Crippen LogP contribution in [0.15, 0.2) is 59.6 Å². The lowest BCUT2D eigenvalue weighted by molar-refractivity contribution is -0.112. The number of carbonyl (C=O) groups excluding carboxylic acids is 1. The summed E-state index contributed by atoms with van der Waals surface area (Å²) in [5.74, 6) is -0.383. The SMILES string of the molecule is C=C(S/C=C(\N)c1cccnc1)C(=O)Nc1ccc(OCCCCC)c(C(F)F)c1. The van der Waals surface area contributed by atoms with Gasteiger partial charge in [-0.3, -0.25) is 9.78 Å². The van der Waals surface area contributed by atoms with E-state index in [9.17, 15) is 13.6 Å². The van der Waals surface area contributed by atoms with Crippen LogP contribution in [0.2, 0.25) is 0 Å². The fourth-order valence-corrected chi connectivity index (χ4v) is 3.02. The Morgan fingerprint density at radius 3 is 2.83 bits per heavy atom. The van der Waals surface area contributed by atoms with Crippen molar-refractivity contribution in [3.8, 4) is 5.75 Å². The van der Waals surface area contributed by atoms with Crippen LogP contribution >= 0.6 is 11.8 Å². The van der Waals surface area contributed by atoms with Crippen molar-refractivity contribution in [3.63, 3.8) is 0 Å². The van der Waals surface area contributed by atoms with Crippen LogP contribution in [0, 0.1) is 0 Å². The molecular weight excluding hydrogens is 408 g/mol. The molecule has 5 nitrogen and oxygen atoms in total. The summed E-state index contributed by atoms with van der Waals surface area (Å²) in [7, 11) is 0. The molecule has 1 aromatic carbocycles. The van der Waals surface area contributed by atoms with E-state index in [2.05, 4.69) is 23.8 Å². The van der Waals surface area contributed by atoms with Crippen LogP contribution in [0.3, 0.4) is 0 Å². The maximum absolute atomic E-state index is 13.4. The third kappa shape index (κ3) is 7.18. The van der Waals surface area contributed by atoms with Gasteiger partial charge in [0.1, 0.15) is 5.75 Å². The third-order valence-electron chi connectivity index (χ3n) is 4.08. The summed E-state index contributed by atoms with van der Waals surface area (Å²) in [6, 6.07) is 7.73. The van der Waals surface area contributed by atoms with Gasteiger partial charge >= 0.3 is 0 Å². The van der Waals surface area contributed by atoms with Gasteiger partial charge in [-0.05, 0) is 42.2 Å². The Kier molecular flexibility index (Phi) is 9.34. The van der Waals surface area contributed by atoms with Crippen molar-refractivity contribution < 1.29 is 18.3 Å². The van der Waals surface area contributed by atoms with Gasteiger partial charge in [0.25, 0.3) is 12.3 Å². The number of hydrogen-bond acceptors (Lipinski definition) is 5. The molecule has 0 aliphatic carbocycles. The summed E-state index contributed by atoms with van der Waals surface area (Å²) >= 11 is 1.04. The molecule has 0 unspecified atom stereocenters. The fourth-order valence-electron chi connectivity index (χ4n) is 2.45. The minimum absolute atomic E-state index is 0.125. The predicted octanol–water partition coefficient (Wildman–Crippen LogP) is 5.73. The molecule has 0 atom stereocenters. The van der Waals surface area contributed by atoms with Gasteiger partial charge in [0.15, 0.2) is 0 Å². The van der Waals surface area contributed by atoms with Crippen molar-refractivity contribution in [2.75, 3.05) is 11.9 Å². The molecule has 8 heteroatoms. The zero-order chi connectivity index (χ0) is 21.9. The van der Waals surface area contributed by atoms with Crippen LogP contribution in [0.1, 0.15) is 43.7 Å². The number of nitrogens with one attached hydrogen (secondary N) is 1. The lowest BCUT2D eigenvalue weighted by Crippen LogP contribution is -2.12. The molecule has 2 aromatic rings. The second-order valence-electron chi connectivity index (χ2n) is 6.42. The minimum atomic E-state index is -2.72. The lowest BCUT2D eigenvalue weighted by Gasteiger charge is -2.13. The number of unbranched alkanes of at least 4 members (excludes halogenated alkanes) is 2. The highest BCUT2D eigenvalue weighted by molar-refractivity contribution is 8.06. The van der Waals surface area contributed by atoms with Gasteiger partial charge in [0.2, 0.25) is 0 Å². The Hall–Kier alpha value is -2.87. The number of benzene rings is 1. The normalized spacial score (nSPS) is 11.4. The van der Waals surface area contributed by atoms with Crippen LogP contribution < -0.4 is 15.8 Å². The highest BCUT2D eigenvalue weighted by Gasteiger charge is 2.16. The fraction of sp³-hybridized carbons (Fsp3) is 0.273. The van der Waals surface area contributed by atoms with E-state index < -0.39 is 12.3 Å². The first kappa shape index (κ1) is 23.4. The van der Waals surface area contributed by atoms with Crippen molar-refractivity contribution in [2.24, 2.45) is 5.73 Å². The molecule has 1 heterocycles. The number of pyridine rings is 1. The monoisotopic (exact) mass is 433 g/mol. The Morgan fingerprint density at radius 1 is 1.37 bits per heavy atom. The first-order valence-electron chi connectivity index (χ1n) is 9.50. The average Bonchev–Trinajstić information content (AvgIpc) is 2.75. The van der Waals surface area contributed by atoms with Crippen molar-refractivity contribution in [1.29, 1.82) is 0 Å². The molecule has 0 saturated heterocycles. The van der Waals surface area contributed by atoms with Crippen LogP contribution in [0.25, 0.3) is 5.70 Å². The molecule has 0 aliphatic rings. The topological polar surface area (TPSA) is 77.2 Å². The minimum Gasteiger partial charge on any atom is -0.493 e. The molecular formula is C22H25F2N3O2S. The largest absolute Gasteiger partial charge is 0.493 e. The summed E-state index contributed by atoms with van der Waals surface area (Å²) in [6.45, 7) is 6.14. The molecule has 0 spiro atoms. The van der Waals surface area contributed by atoms with Gasteiger partial charge < -0.3 is 15.8 Å². The Morgan fingerprint density at radius 2 is 2.17 bits per heavy atom. The van der Waals surface area contributed by atoms with Gasteiger partial charge in [-0.25, -0.2) is 8.78 Å². The zero-order valence-corrected chi connectivity index (χ0v) is 17.6. The lowest BCUT2D eigenvalue weighted by atomic mass is 10.1. The van der Waals surface area contributed by atoms with Crippen molar-refractivity contribution >= 4 is 29.1 Å². The standard InChI is InChI=1S/C22H25F2N3O2S/c1-3-4-5-11-29-20-9-8-17(12-18(20)21(23)24)27-22(28)15(2)30-14-19(25)16-7-6-10-26-13-16/h6-10,12-14,21H,2-5,11,25H2,1H3,(H,27,28)/b19-14-. The molecule has 0 fully saturated rings. The number of aromatic nitrogens is 1. The van der Waals surface area contributed by atoms with E-state index in [0.717, 1.165) is 31.0 Å². The van der Waals surface area contributed by atoms with E-state index in [1.165, 1.54) is 18.2 Å². The first-order chi connectivity index (χ1) is 14.4. The number of nitrogens with zero attached hydrogens (tertiary/aromatic N) is 1. The van der Waals surface area contributed by atoms with E-state index in [0.29, 0.717) is 17.9 Å². The summed E-state index contributed by atoms with van der Waals surface area (Å²) in [6.07, 6.45) is 3.30. The van der Waals surface area contributed by atoms with Crippen molar-refractivity contribution in [2.45, 2.75) is 32.6 Å². The van der Waals surface area contributed by atoms with E-state index in [1.807, 2.05) is 0 Å². The molecule has 0 aliphatic heterocycles. The van der Waals surface area contributed by atoms with Crippen LogP contribution in [-0.4, -0.2) is 17.5 Å². The van der Waals surface area contributed by atoms with Gasteiger partial charge in [-0.1, -0.05) is 38.1 Å². The van der Waals surface area contributed by atoms with E-state index in [4.69, 9.17) is 10.5 Å². The molecule has 30 heavy (non-hydrogen) atoms. The highest BCUT2D eigenvalue weighted by atomic mass is 32.2. The predicted molar refractivity (Wildman–Crippen MR) is 118 cm³/mol.